The summed E-state index contributed by atoms with van der Waals surface area (Å²) in [5.74, 6) is -1.75. The molecule has 26 heavy (non-hydrogen) atoms. The van der Waals surface area contributed by atoms with E-state index in [1.54, 1.807) is 13.8 Å². The molecule has 1 amide bonds. The number of hydrogen-bond acceptors (Lipinski definition) is 5. The van der Waals surface area contributed by atoms with E-state index >= 15 is 0 Å². The van der Waals surface area contributed by atoms with Gasteiger partial charge in [-0.1, -0.05) is 12.1 Å². The molecule has 1 N–H and O–H groups in total. The summed E-state index contributed by atoms with van der Waals surface area (Å²) in [7, 11) is 0. The lowest BCUT2D eigenvalue weighted by Crippen LogP contribution is -2.27. The van der Waals surface area contributed by atoms with Crippen molar-refractivity contribution in [2.24, 2.45) is 0 Å². The van der Waals surface area contributed by atoms with E-state index < -0.39 is 34.3 Å². The van der Waals surface area contributed by atoms with Gasteiger partial charge in [0.1, 0.15) is 5.82 Å². The van der Waals surface area contributed by atoms with Crippen LogP contribution in [0.4, 0.5) is 10.1 Å². The molecule has 1 unspecified atom stereocenters. The number of carbonyl (C=O) groups excluding carboxylic acids is 2. The molecule has 0 aliphatic heterocycles. The van der Waals surface area contributed by atoms with E-state index in [1.807, 2.05) is 0 Å². The van der Waals surface area contributed by atoms with Crippen molar-refractivity contribution in [3.05, 3.63) is 75.1 Å². The highest BCUT2D eigenvalue weighted by Crippen LogP contribution is 2.20. The first-order valence-electron chi connectivity index (χ1n) is 7.84. The molecule has 0 saturated carbocycles. The van der Waals surface area contributed by atoms with Gasteiger partial charge in [0.05, 0.1) is 23.1 Å². The van der Waals surface area contributed by atoms with Crippen LogP contribution >= 0.6 is 0 Å². The summed E-state index contributed by atoms with van der Waals surface area (Å²) in [5, 5.41) is 13.7. The van der Waals surface area contributed by atoms with Crippen LogP contribution in [0.2, 0.25) is 0 Å². The van der Waals surface area contributed by atoms with E-state index in [-0.39, 0.29) is 17.7 Å². The van der Waals surface area contributed by atoms with Crippen molar-refractivity contribution in [2.45, 2.75) is 19.9 Å². The van der Waals surface area contributed by atoms with Gasteiger partial charge in [0.25, 0.3) is 11.6 Å². The third-order valence-corrected chi connectivity index (χ3v) is 3.62. The summed E-state index contributed by atoms with van der Waals surface area (Å²) in [6.07, 6.45) is 0. The molecular formula is C18H17FN2O5. The fourth-order valence-corrected chi connectivity index (χ4v) is 2.29. The molecular weight excluding hydrogens is 343 g/mol. The number of nitro benzene ring substituents is 1. The largest absolute Gasteiger partial charge is 0.462 e. The second-order valence-corrected chi connectivity index (χ2v) is 5.49. The van der Waals surface area contributed by atoms with Crippen LogP contribution in [0.25, 0.3) is 0 Å². The van der Waals surface area contributed by atoms with Crippen LogP contribution in [0.5, 0.6) is 0 Å². The standard InChI is InChI=1S/C18H17FN2O5/c1-3-26-18(23)14-8-13(9-16(10-14)21(24)25)17(22)20-11(2)12-4-6-15(19)7-5-12/h4-11H,3H2,1-2H3,(H,20,22). The zero-order chi connectivity index (χ0) is 19.3. The lowest BCUT2D eigenvalue weighted by molar-refractivity contribution is -0.384. The number of nitrogens with one attached hydrogen (secondary N) is 1. The third-order valence-electron chi connectivity index (χ3n) is 3.62. The molecule has 0 heterocycles. The maximum Gasteiger partial charge on any atom is 0.338 e. The van der Waals surface area contributed by atoms with Crippen molar-refractivity contribution in [1.82, 2.24) is 5.32 Å². The monoisotopic (exact) mass is 360 g/mol. The highest BCUT2D eigenvalue weighted by Gasteiger charge is 2.20. The fourth-order valence-electron chi connectivity index (χ4n) is 2.29. The first-order chi connectivity index (χ1) is 12.3. The summed E-state index contributed by atoms with van der Waals surface area (Å²) in [6.45, 7) is 3.40. The van der Waals surface area contributed by atoms with Gasteiger partial charge >= 0.3 is 5.97 Å². The van der Waals surface area contributed by atoms with Crippen molar-refractivity contribution >= 4 is 17.6 Å². The quantitative estimate of drug-likeness (QED) is 0.484. The number of nitro groups is 1. The first kappa shape index (κ1) is 19.0. The van der Waals surface area contributed by atoms with Gasteiger partial charge in [0, 0.05) is 17.7 Å². The van der Waals surface area contributed by atoms with Crippen molar-refractivity contribution in [3.8, 4) is 0 Å². The fraction of sp³-hybridized carbons (Fsp3) is 0.222. The van der Waals surface area contributed by atoms with Crippen molar-refractivity contribution in [3.63, 3.8) is 0 Å². The maximum absolute atomic E-state index is 13.0. The molecule has 2 rings (SSSR count). The van der Waals surface area contributed by atoms with Gasteiger partial charge in [0.2, 0.25) is 0 Å². The van der Waals surface area contributed by atoms with Crippen molar-refractivity contribution in [2.75, 3.05) is 6.61 Å². The highest BCUT2D eigenvalue weighted by molar-refractivity contribution is 5.99. The Morgan fingerprint density at radius 3 is 2.38 bits per heavy atom. The second kappa shape index (κ2) is 8.19. The molecule has 0 spiro atoms. The summed E-state index contributed by atoms with van der Waals surface area (Å²) < 4.78 is 17.8. The van der Waals surface area contributed by atoms with Crippen LogP contribution in [0.15, 0.2) is 42.5 Å². The molecule has 0 aliphatic rings. The molecule has 8 heteroatoms. The summed E-state index contributed by atoms with van der Waals surface area (Å²) in [5.41, 5.74) is 0.141. The molecule has 0 saturated heterocycles. The zero-order valence-corrected chi connectivity index (χ0v) is 14.2. The van der Waals surface area contributed by atoms with Gasteiger partial charge in [-0.2, -0.15) is 0 Å². The lowest BCUT2D eigenvalue weighted by Gasteiger charge is -2.14. The lowest BCUT2D eigenvalue weighted by atomic mass is 10.1. The Kier molecular flexibility index (Phi) is 6.00. The predicted octanol–water partition coefficient (Wildman–Crippen LogP) is 3.40. The minimum absolute atomic E-state index is 0.0452. The molecule has 0 aliphatic carbocycles. The molecule has 0 bridgehead atoms. The average molecular weight is 360 g/mol. The minimum Gasteiger partial charge on any atom is -0.462 e. The number of non-ortho nitro benzene ring substituents is 1. The van der Waals surface area contributed by atoms with E-state index in [4.69, 9.17) is 4.74 Å². The average Bonchev–Trinajstić information content (AvgIpc) is 2.61. The molecule has 136 valence electrons. The Morgan fingerprint density at radius 2 is 1.81 bits per heavy atom. The smallest absolute Gasteiger partial charge is 0.338 e. The molecule has 0 aromatic heterocycles. The van der Waals surface area contributed by atoms with Gasteiger partial charge in [-0.25, -0.2) is 9.18 Å². The Morgan fingerprint density at radius 1 is 1.19 bits per heavy atom. The number of halogens is 1. The van der Waals surface area contributed by atoms with Crippen molar-refractivity contribution < 1.29 is 23.6 Å². The van der Waals surface area contributed by atoms with E-state index in [2.05, 4.69) is 5.32 Å². The third kappa shape index (κ3) is 4.62. The van der Waals surface area contributed by atoms with Crippen LogP contribution in [-0.4, -0.2) is 23.4 Å². The molecule has 0 radical (unpaired) electrons. The topological polar surface area (TPSA) is 98.5 Å². The van der Waals surface area contributed by atoms with Gasteiger partial charge in [-0.15, -0.1) is 0 Å². The van der Waals surface area contributed by atoms with Crippen LogP contribution in [0.1, 0.15) is 46.2 Å². The van der Waals surface area contributed by atoms with Gasteiger partial charge in [-0.3, -0.25) is 14.9 Å². The SMILES string of the molecule is CCOC(=O)c1cc(C(=O)NC(C)c2ccc(F)cc2)cc([N+](=O)[O-])c1. The number of rotatable bonds is 6. The molecule has 2 aromatic carbocycles. The minimum atomic E-state index is -0.753. The Bertz CT molecular complexity index is 836. The van der Waals surface area contributed by atoms with E-state index in [1.165, 1.54) is 30.3 Å². The van der Waals surface area contributed by atoms with Crippen LogP contribution in [0, 0.1) is 15.9 Å². The molecule has 0 fully saturated rings. The van der Waals surface area contributed by atoms with E-state index in [0.29, 0.717) is 5.56 Å². The summed E-state index contributed by atoms with van der Waals surface area (Å²) in [4.78, 5) is 34.7. The molecule has 7 nitrogen and oxygen atoms in total. The van der Waals surface area contributed by atoms with E-state index in [0.717, 1.165) is 12.1 Å². The number of carbonyl (C=O) groups is 2. The second-order valence-electron chi connectivity index (χ2n) is 5.49. The normalized spacial score (nSPS) is 11.5. The van der Waals surface area contributed by atoms with Crippen LogP contribution in [-0.2, 0) is 4.74 Å². The van der Waals surface area contributed by atoms with Gasteiger partial charge < -0.3 is 10.1 Å². The van der Waals surface area contributed by atoms with Crippen LogP contribution in [0.3, 0.4) is 0 Å². The maximum atomic E-state index is 13.0. The number of benzene rings is 2. The summed E-state index contributed by atoms with van der Waals surface area (Å²) in [6, 6.07) is 8.49. The highest BCUT2D eigenvalue weighted by atomic mass is 19.1. The van der Waals surface area contributed by atoms with E-state index in [9.17, 15) is 24.1 Å². The first-order valence-corrected chi connectivity index (χ1v) is 7.84. The predicted molar refractivity (Wildman–Crippen MR) is 91.3 cm³/mol. The number of hydrogen-bond donors (Lipinski definition) is 1. The Balaban J connectivity index is 2.27. The molecule has 2 aromatic rings. The van der Waals surface area contributed by atoms with Gasteiger partial charge in [-0.05, 0) is 37.6 Å². The summed E-state index contributed by atoms with van der Waals surface area (Å²) >= 11 is 0. The number of amides is 1. The Hall–Kier alpha value is -3.29. The van der Waals surface area contributed by atoms with Crippen molar-refractivity contribution in [1.29, 1.82) is 0 Å². The van der Waals surface area contributed by atoms with Crippen LogP contribution < -0.4 is 5.32 Å². The zero-order valence-electron chi connectivity index (χ0n) is 14.2. The number of nitrogens with zero attached hydrogens (tertiary/aromatic N) is 1. The number of ether oxygens (including phenoxy) is 1. The Labute approximate surface area is 148 Å². The molecule has 1 atom stereocenters. The van der Waals surface area contributed by atoms with Gasteiger partial charge in [0.15, 0.2) is 0 Å². The number of esters is 1.